The zero-order valence-corrected chi connectivity index (χ0v) is 15.8. The molecule has 1 aromatic heterocycles. The van der Waals surface area contributed by atoms with Crippen LogP contribution in [-0.4, -0.2) is 33.9 Å². The summed E-state index contributed by atoms with van der Waals surface area (Å²) in [5.41, 5.74) is 2.11. The van der Waals surface area contributed by atoms with Gasteiger partial charge < -0.3 is 24.4 Å². The van der Waals surface area contributed by atoms with Crippen molar-refractivity contribution < 1.29 is 28.8 Å². The molecule has 0 aliphatic carbocycles. The first-order chi connectivity index (χ1) is 13.9. The summed E-state index contributed by atoms with van der Waals surface area (Å²) >= 11 is 0. The number of aromatic carboxylic acids is 1. The van der Waals surface area contributed by atoms with Crippen LogP contribution >= 0.6 is 0 Å². The second kappa shape index (κ2) is 7.73. The van der Waals surface area contributed by atoms with Gasteiger partial charge in [-0.15, -0.1) is 0 Å². The number of carbonyl (C=O) groups is 1. The Bertz CT molecular complexity index is 1030. The summed E-state index contributed by atoms with van der Waals surface area (Å²) in [7, 11) is 0. The monoisotopic (exact) mass is 397 g/mol. The highest BCUT2D eigenvalue weighted by Crippen LogP contribution is 2.23. The van der Waals surface area contributed by atoms with E-state index in [0.29, 0.717) is 42.4 Å². The highest BCUT2D eigenvalue weighted by Gasteiger charge is 2.40. The normalized spacial score (nSPS) is 21.4. The third kappa shape index (κ3) is 4.03. The number of carboxylic acids is 1. The fourth-order valence-corrected chi connectivity index (χ4v) is 3.68. The molecule has 4 rings (SSSR count). The summed E-state index contributed by atoms with van der Waals surface area (Å²) < 4.78 is 19.3. The van der Waals surface area contributed by atoms with Crippen LogP contribution in [0.15, 0.2) is 47.0 Å². The smallest absolute Gasteiger partial charge is 0.285 e. The van der Waals surface area contributed by atoms with Crippen molar-refractivity contribution in [2.75, 3.05) is 6.54 Å². The van der Waals surface area contributed by atoms with Crippen LogP contribution in [0.2, 0.25) is 0 Å². The van der Waals surface area contributed by atoms with E-state index in [4.69, 9.17) is 4.52 Å². The number of nitrogens with one attached hydrogen (secondary N) is 1. The number of quaternary nitrogens is 1. The van der Waals surface area contributed by atoms with Gasteiger partial charge in [-0.1, -0.05) is 41.6 Å². The maximum absolute atomic E-state index is 13.8. The van der Waals surface area contributed by atoms with Crippen LogP contribution in [0.3, 0.4) is 0 Å². The topological polar surface area (TPSA) is 104 Å². The molecule has 0 amide bonds. The van der Waals surface area contributed by atoms with Crippen molar-refractivity contribution in [2.45, 2.75) is 32.0 Å². The van der Waals surface area contributed by atoms with Gasteiger partial charge in [0.05, 0.1) is 5.97 Å². The molecule has 1 aliphatic rings. The van der Waals surface area contributed by atoms with Gasteiger partial charge in [-0.05, 0) is 24.1 Å². The van der Waals surface area contributed by atoms with Gasteiger partial charge in [0.15, 0.2) is 6.04 Å². The van der Waals surface area contributed by atoms with Crippen LogP contribution in [0.5, 0.6) is 0 Å². The lowest BCUT2D eigenvalue weighted by atomic mass is 10.1. The minimum atomic E-state index is -1.22. The standard InChI is InChI=1S/C21H20FN3O4/c1-12-2-5-15(8-17(12)22)19-23-20(29-24-19)18-9-16(26)11-25(18)10-13-3-6-14(7-4-13)21(27)28/h2-8,16,18,26H,9-11H2,1H3,(H,27,28)/t16-,18+/m1/s1. The molecule has 2 aromatic carbocycles. The van der Waals surface area contributed by atoms with E-state index >= 15 is 0 Å². The SMILES string of the molecule is Cc1ccc(-c2noc([C@@H]3C[C@@H](O)C[NH+]3Cc3ccc(C(=O)[O-])cc3)n2)cc1F. The van der Waals surface area contributed by atoms with Crippen LogP contribution in [-0.2, 0) is 6.54 Å². The summed E-state index contributed by atoms with van der Waals surface area (Å²) in [6, 6.07) is 11.0. The molecule has 1 unspecified atom stereocenters. The van der Waals surface area contributed by atoms with Crippen LogP contribution in [0.25, 0.3) is 11.4 Å². The number of nitrogens with zero attached hydrogens (tertiary/aromatic N) is 2. The number of carboxylic acid groups (broad SMARTS) is 1. The molecule has 1 fully saturated rings. The number of likely N-dealkylation sites (tertiary alicyclic amines) is 1. The zero-order chi connectivity index (χ0) is 20.5. The van der Waals surface area contributed by atoms with Crippen molar-refractivity contribution in [3.8, 4) is 11.4 Å². The van der Waals surface area contributed by atoms with E-state index in [0.717, 1.165) is 10.5 Å². The molecule has 8 heteroatoms. The lowest BCUT2D eigenvalue weighted by Crippen LogP contribution is -3.09. The first kappa shape index (κ1) is 19.2. The minimum Gasteiger partial charge on any atom is -0.545 e. The van der Waals surface area contributed by atoms with Crippen LogP contribution in [0.1, 0.15) is 39.8 Å². The van der Waals surface area contributed by atoms with Crippen molar-refractivity contribution in [3.63, 3.8) is 0 Å². The Labute approximate surface area is 166 Å². The third-order valence-corrected chi connectivity index (χ3v) is 5.29. The molecule has 0 bridgehead atoms. The Morgan fingerprint density at radius 3 is 2.76 bits per heavy atom. The van der Waals surface area contributed by atoms with Crippen LogP contribution in [0.4, 0.5) is 4.39 Å². The van der Waals surface area contributed by atoms with Gasteiger partial charge in [0, 0.05) is 17.5 Å². The lowest BCUT2D eigenvalue weighted by Gasteiger charge is -2.18. The molecular weight excluding hydrogens is 377 g/mol. The minimum absolute atomic E-state index is 0.119. The second-order valence-electron chi connectivity index (χ2n) is 7.39. The lowest BCUT2D eigenvalue weighted by molar-refractivity contribution is -0.934. The van der Waals surface area contributed by atoms with E-state index in [1.54, 1.807) is 31.2 Å². The molecule has 0 saturated carbocycles. The second-order valence-corrected chi connectivity index (χ2v) is 7.39. The fourth-order valence-electron chi connectivity index (χ4n) is 3.68. The van der Waals surface area contributed by atoms with Crippen molar-refractivity contribution in [1.29, 1.82) is 0 Å². The van der Waals surface area contributed by atoms with Gasteiger partial charge in [-0.3, -0.25) is 0 Å². The molecule has 29 heavy (non-hydrogen) atoms. The summed E-state index contributed by atoms with van der Waals surface area (Å²) in [5, 5.41) is 25.0. The summed E-state index contributed by atoms with van der Waals surface area (Å²) in [5.74, 6) is -0.862. The predicted molar refractivity (Wildman–Crippen MR) is 98.1 cm³/mol. The molecule has 1 aliphatic heterocycles. The molecule has 0 spiro atoms. The number of halogens is 1. The molecular formula is C21H20FN3O4. The molecule has 150 valence electrons. The van der Waals surface area contributed by atoms with Crippen LogP contribution < -0.4 is 10.0 Å². The molecule has 2 N–H and O–H groups in total. The van der Waals surface area contributed by atoms with Gasteiger partial charge in [0.2, 0.25) is 5.82 Å². The predicted octanol–water partition coefficient (Wildman–Crippen LogP) is 0.438. The first-order valence-corrected chi connectivity index (χ1v) is 9.34. The Morgan fingerprint density at radius 1 is 1.31 bits per heavy atom. The van der Waals surface area contributed by atoms with E-state index in [2.05, 4.69) is 10.1 Å². The number of rotatable bonds is 5. The van der Waals surface area contributed by atoms with Gasteiger partial charge in [0.1, 0.15) is 25.0 Å². The van der Waals surface area contributed by atoms with Gasteiger partial charge >= 0.3 is 0 Å². The highest BCUT2D eigenvalue weighted by atomic mass is 19.1. The van der Waals surface area contributed by atoms with E-state index < -0.39 is 12.1 Å². The van der Waals surface area contributed by atoms with Crippen LogP contribution in [0, 0.1) is 12.7 Å². The maximum atomic E-state index is 13.8. The van der Waals surface area contributed by atoms with E-state index in [1.807, 2.05) is 0 Å². The Kier molecular flexibility index (Phi) is 5.12. The summed E-state index contributed by atoms with van der Waals surface area (Å²) in [6.07, 6.45) is -0.0410. The number of aliphatic hydroxyl groups excluding tert-OH is 1. The number of hydrogen-bond acceptors (Lipinski definition) is 6. The van der Waals surface area contributed by atoms with Crippen molar-refractivity contribution >= 4 is 5.97 Å². The van der Waals surface area contributed by atoms with Crippen molar-refractivity contribution in [3.05, 3.63) is 70.9 Å². The number of aliphatic hydroxyl groups is 1. The maximum Gasteiger partial charge on any atom is 0.285 e. The quantitative estimate of drug-likeness (QED) is 0.648. The number of carbonyl (C=O) groups excluding carboxylic acids is 1. The van der Waals surface area contributed by atoms with E-state index in [9.17, 15) is 19.4 Å². The number of aromatic nitrogens is 2. The number of benzene rings is 2. The zero-order valence-electron chi connectivity index (χ0n) is 15.8. The Hall–Kier alpha value is -3.10. The van der Waals surface area contributed by atoms with E-state index in [-0.39, 0.29) is 17.4 Å². The first-order valence-electron chi connectivity index (χ1n) is 9.34. The number of hydrogen-bond donors (Lipinski definition) is 2. The summed E-state index contributed by atoms with van der Waals surface area (Å²) in [6.45, 7) is 2.75. The van der Waals surface area contributed by atoms with Gasteiger partial charge in [-0.25, -0.2) is 4.39 Å². The average Bonchev–Trinajstić information content (AvgIpc) is 3.31. The molecule has 7 nitrogen and oxygen atoms in total. The Morgan fingerprint density at radius 2 is 2.07 bits per heavy atom. The average molecular weight is 397 g/mol. The van der Waals surface area contributed by atoms with Crippen molar-refractivity contribution in [1.82, 2.24) is 10.1 Å². The Balaban J connectivity index is 1.54. The largest absolute Gasteiger partial charge is 0.545 e. The van der Waals surface area contributed by atoms with E-state index in [1.165, 1.54) is 18.2 Å². The summed E-state index contributed by atoms with van der Waals surface area (Å²) in [4.78, 5) is 16.4. The molecule has 3 atom stereocenters. The molecule has 2 heterocycles. The number of aryl methyl sites for hydroxylation is 1. The van der Waals surface area contributed by atoms with Gasteiger partial charge in [-0.2, -0.15) is 4.98 Å². The highest BCUT2D eigenvalue weighted by molar-refractivity contribution is 5.85. The molecule has 1 saturated heterocycles. The molecule has 3 aromatic rings. The fraction of sp³-hybridized carbons (Fsp3) is 0.286. The third-order valence-electron chi connectivity index (χ3n) is 5.29. The molecule has 0 radical (unpaired) electrons. The van der Waals surface area contributed by atoms with Crippen molar-refractivity contribution in [2.24, 2.45) is 0 Å². The van der Waals surface area contributed by atoms with Gasteiger partial charge in [0.25, 0.3) is 5.89 Å².